The Labute approximate surface area is 227 Å². The van der Waals surface area contributed by atoms with Gasteiger partial charge in [-0.1, -0.05) is 54.1 Å². The Balaban J connectivity index is 1.35. The summed E-state index contributed by atoms with van der Waals surface area (Å²) >= 11 is 0. The molecule has 2 atom stereocenters. The average molecular weight is 519 g/mol. The lowest BCUT2D eigenvalue weighted by molar-refractivity contribution is 0.00492. The van der Waals surface area contributed by atoms with E-state index in [-0.39, 0.29) is 24.1 Å². The summed E-state index contributed by atoms with van der Waals surface area (Å²) in [5.41, 5.74) is 3.79. The molecule has 1 aliphatic carbocycles. The van der Waals surface area contributed by atoms with E-state index in [1.807, 2.05) is 51.1 Å². The molecule has 0 bridgehead atoms. The van der Waals surface area contributed by atoms with Crippen molar-refractivity contribution in [3.63, 3.8) is 0 Å². The molecular weight excluding hydrogens is 476 g/mol. The third-order valence-electron chi connectivity index (χ3n) is 7.54. The lowest BCUT2D eigenvalue weighted by Gasteiger charge is -2.39. The summed E-state index contributed by atoms with van der Waals surface area (Å²) in [4.78, 5) is 29.6. The number of benzene rings is 2. The van der Waals surface area contributed by atoms with Crippen molar-refractivity contribution in [1.82, 2.24) is 9.80 Å². The molecule has 1 heterocycles. The van der Waals surface area contributed by atoms with Crippen LogP contribution in [-0.4, -0.2) is 66.3 Å². The molecule has 1 saturated carbocycles. The van der Waals surface area contributed by atoms with Crippen molar-refractivity contribution in [2.75, 3.05) is 26.7 Å². The minimum Gasteiger partial charge on any atom is -0.465 e. The van der Waals surface area contributed by atoms with Gasteiger partial charge in [-0.25, -0.2) is 9.59 Å². The summed E-state index contributed by atoms with van der Waals surface area (Å²) in [6.07, 6.45) is 5.89. The first-order valence-electron chi connectivity index (χ1n) is 13.8. The Morgan fingerprint density at radius 2 is 1.68 bits per heavy atom. The first kappa shape index (κ1) is 27.9. The maximum atomic E-state index is 13.4. The third kappa shape index (κ3) is 7.47. The molecule has 1 saturated heterocycles. The van der Waals surface area contributed by atoms with Crippen LogP contribution >= 0.6 is 0 Å². The lowest BCUT2D eigenvalue weighted by atomic mass is 10.0. The van der Waals surface area contributed by atoms with Crippen molar-refractivity contribution in [3.05, 3.63) is 76.9 Å². The molecule has 0 radical (unpaired) electrons. The normalized spacial score (nSPS) is 20.6. The monoisotopic (exact) mass is 518 g/mol. The van der Waals surface area contributed by atoms with Crippen molar-refractivity contribution < 1.29 is 19.1 Å². The van der Waals surface area contributed by atoms with Gasteiger partial charge in [0, 0.05) is 37.6 Å². The molecule has 1 amide bonds. The summed E-state index contributed by atoms with van der Waals surface area (Å²) in [7, 11) is 1.40. The number of piperidine rings is 1. The lowest BCUT2D eigenvalue weighted by Crippen LogP contribution is -2.50. The molecule has 204 valence electrons. The van der Waals surface area contributed by atoms with Gasteiger partial charge in [0.05, 0.1) is 12.7 Å². The molecular formula is C32H42N2O4. The van der Waals surface area contributed by atoms with E-state index in [4.69, 9.17) is 9.47 Å². The molecule has 0 spiro atoms. The van der Waals surface area contributed by atoms with E-state index in [2.05, 4.69) is 47.1 Å². The summed E-state index contributed by atoms with van der Waals surface area (Å²) in [6, 6.07) is 18.4. The van der Waals surface area contributed by atoms with Gasteiger partial charge in [0.2, 0.25) is 0 Å². The number of nitrogens with zero attached hydrogens (tertiary/aromatic N) is 2. The number of carbonyl (C=O) groups excluding carboxylic acids is 2. The number of carbonyl (C=O) groups is 2. The van der Waals surface area contributed by atoms with E-state index in [1.54, 1.807) is 0 Å². The van der Waals surface area contributed by atoms with Gasteiger partial charge >= 0.3 is 12.1 Å². The molecule has 0 aromatic heterocycles. The fraction of sp³-hybridized carbons (Fsp3) is 0.500. The van der Waals surface area contributed by atoms with Crippen LogP contribution in [0.4, 0.5) is 4.79 Å². The summed E-state index contributed by atoms with van der Waals surface area (Å²) in [5.74, 6) is 0.0746. The highest BCUT2D eigenvalue weighted by atomic mass is 16.6. The van der Waals surface area contributed by atoms with Crippen LogP contribution in [0.1, 0.15) is 68.4 Å². The van der Waals surface area contributed by atoms with E-state index < -0.39 is 5.60 Å². The number of hydrogen-bond donors (Lipinski definition) is 0. The fourth-order valence-corrected chi connectivity index (χ4v) is 5.40. The predicted molar refractivity (Wildman–Crippen MR) is 151 cm³/mol. The van der Waals surface area contributed by atoms with Gasteiger partial charge in [0.1, 0.15) is 5.60 Å². The van der Waals surface area contributed by atoms with E-state index in [0.717, 1.165) is 45.3 Å². The number of likely N-dealkylation sites (tertiary alicyclic amines) is 1. The number of esters is 1. The standard InChI is InChI=1S/C32H42N2O4/c1-23(21-25-9-7-6-8-10-25)28-22-29(28)34(31(36)38-32(2,3)4)27-16-19-33(20-17-27)18-15-24-11-13-26(14-12-24)30(35)37-5/h6-14,21,27-29H,15-20,22H2,1-5H3/t28?,29-/m0/s1. The van der Waals surface area contributed by atoms with E-state index >= 15 is 0 Å². The number of hydrogen-bond acceptors (Lipinski definition) is 5. The molecule has 0 N–H and O–H groups in total. The molecule has 2 fully saturated rings. The smallest absolute Gasteiger partial charge is 0.410 e. The average Bonchev–Trinajstić information content (AvgIpc) is 3.68. The minimum absolute atomic E-state index is 0.179. The van der Waals surface area contributed by atoms with E-state index in [9.17, 15) is 9.59 Å². The summed E-state index contributed by atoms with van der Waals surface area (Å²) in [5, 5.41) is 0. The van der Waals surface area contributed by atoms with Crippen LogP contribution in [0.3, 0.4) is 0 Å². The van der Waals surface area contributed by atoms with Gasteiger partial charge < -0.3 is 19.3 Å². The summed E-state index contributed by atoms with van der Waals surface area (Å²) < 4.78 is 10.7. The number of ether oxygens (including phenoxy) is 2. The first-order valence-corrected chi connectivity index (χ1v) is 13.8. The Morgan fingerprint density at radius 1 is 1.03 bits per heavy atom. The third-order valence-corrected chi connectivity index (χ3v) is 7.54. The SMILES string of the molecule is COC(=O)c1ccc(CCN2CCC(N(C(=O)OC(C)(C)C)[C@H]3CC3C(C)=Cc3ccccc3)CC2)cc1. The molecule has 6 nitrogen and oxygen atoms in total. The molecule has 1 aliphatic heterocycles. The second-order valence-corrected chi connectivity index (χ2v) is 11.6. The maximum absolute atomic E-state index is 13.4. The second-order valence-electron chi connectivity index (χ2n) is 11.6. The topological polar surface area (TPSA) is 59.1 Å². The molecule has 38 heavy (non-hydrogen) atoms. The molecule has 2 aromatic carbocycles. The molecule has 2 aliphatic rings. The van der Waals surface area contributed by atoms with E-state index in [0.29, 0.717) is 11.5 Å². The van der Waals surface area contributed by atoms with Gasteiger partial charge in [0.25, 0.3) is 0 Å². The zero-order chi connectivity index (χ0) is 27.3. The zero-order valence-corrected chi connectivity index (χ0v) is 23.5. The minimum atomic E-state index is -0.515. The van der Waals surface area contributed by atoms with Crippen molar-refractivity contribution in [1.29, 1.82) is 0 Å². The van der Waals surface area contributed by atoms with Crippen LogP contribution in [0.2, 0.25) is 0 Å². The maximum Gasteiger partial charge on any atom is 0.410 e. The molecule has 1 unspecified atom stereocenters. The Hall–Kier alpha value is -3.12. The number of methoxy groups -OCH3 is 1. The fourth-order valence-electron chi connectivity index (χ4n) is 5.40. The molecule has 2 aromatic rings. The van der Waals surface area contributed by atoms with Crippen LogP contribution in [0.5, 0.6) is 0 Å². The first-order chi connectivity index (χ1) is 18.1. The van der Waals surface area contributed by atoms with Crippen molar-refractivity contribution >= 4 is 18.1 Å². The Kier molecular flexibility index (Phi) is 8.93. The van der Waals surface area contributed by atoms with Crippen LogP contribution in [0.15, 0.2) is 60.2 Å². The largest absolute Gasteiger partial charge is 0.465 e. The Bertz CT molecular complexity index is 1110. The van der Waals surface area contributed by atoms with Gasteiger partial charge in [-0.3, -0.25) is 0 Å². The van der Waals surface area contributed by atoms with Crippen molar-refractivity contribution in [2.24, 2.45) is 5.92 Å². The predicted octanol–water partition coefficient (Wildman–Crippen LogP) is 6.21. The van der Waals surface area contributed by atoms with Crippen LogP contribution in [0, 0.1) is 5.92 Å². The highest BCUT2D eigenvalue weighted by Crippen LogP contribution is 2.44. The highest BCUT2D eigenvalue weighted by Gasteiger charge is 2.48. The summed E-state index contributed by atoms with van der Waals surface area (Å²) in [6.45, 7) is 10.9. The molecule has 4 rings (SSSR count). The van der Waals surface area contributed by atoms with Gasteiger partial charge in [-0.05, 0) is 76.6 Å². The van der Waals surface area contributed by atoms with Gasteiger partial charge in [0.15, 0.2) is 0 Å². The van der Waals surface area contributed by atoms with E-state index in [1.165, 1.54) is 23.8 Å². The number of amides is 1. The highest BCUT2D eigenvalue weighted by molar-refractivity contribution is 5.89. The van der Waals surface area contributed by atoms with Crippen molar-refractivity contribution in [3.8, 4) is 0 Å². The second kappa shape index (κ2) is 12.2. The zero-order valence-electron chi connectivity index (χ0n) is 23.5. The van der Waals surface area contributed by atoms with Crippen LogP contribution < -0.4 is 0 Å². The number of rotatable bonds is 8. The molecule has 6 heteroatoms. The van der Waals surface area contributed by atoms with Crippen molar-refractivity contribution in [2.45, 2.75) is 71.1 Å². The Morgan fingerprint density at radius 3 is 2.29 bits per heavy atom. The quantitative estimate of drug-likeness (QED) is 0.389. The van der Waals surface area contributed by atoms with Gasteiger partial charge in [-0.2, -0.15) is 0 Å². The van der Waals surface area contributed by atoms with Gasteiger partial charge in [-0.15, -0.1) is 0 Å². The van der Waals surface area contributed by atoms with Crippen LogP contribution in [0.25, 0.3) is 6.08 Å². The van der Waals surface area contributed by atoms with Crippen LogP contribution in [-0.2, 0) is 15.9 Å².